The first kappa shape index (κ1) is 15.3. The van der Waals surface area contributed by atoms with Crippen molar-refractivity contribution in [3.63, 3.8) is 0 Å². The third-order valence-electron chi connectivity index (χ3n) is 3.40. The predicted octanol–water partition coefficient (Wildman–Crippen LogP) is 1.45. The third-order valence-corrected chi connectivity index (χ3v) is 4.54. The number of carbonyl (C=O) groups is 2. The van der Waals surface area contributed by atoms with E-state index in [9.17, 15) is 9.59 Å². The number of thiazole rings is 1. The van der Waals surface area contributed by atoms with Gasteiger partial charge in [-0.15, -0.1) is 11.3 Å². The molecule has 1 aromatic heterocycles. The smallest absolute Gasteiger partial charge is 0.265 e. The summed E-state index contributed by atoms with van der Waals surface area (Å²) >= 11 is 5.47. The topological polar surface area (TPSA) is 53.5 Å². The van der Waals surface area contributed by atoms with Crippen molar-refractivity contribution in [2.45, 2.75) is 19.8 Å². The number of amides is 2. The summed E-state index contributed by atoms with van der Waals surface area (Å²) in [4.78, 5) is 32.8. The maximum Gasteiger partial charge on any atom is 0.265 e. The van der Waals surface area contributed by atoms with Gasteiger partial charge in [0, 0.05) is 32.6 Å². The van der Waals surface area contributed by atoms with E-state index in [1.54, 1.807) is 5.51 Å². The van der Waals surface area contributed by atoms with Crippen LogP contribution in [0.1, 0.15) is 28.2 Å². The SMILES string of the molecule is Cc1ncsc1C(=O)N1CCCN(C(=O)CCS)CC1. The molecule has 0 spiro atoms. The molecule has 1 aliphatic rings. The molecule has 20 heavy (non-hydrogen) atoms. The van der Waals surface area contributed by atoms with Crippen molar-refractivity contribution in [3.05, 3.63) is 16.1 Å². The fourth-order valence-electron chi connectivity index (χ4n) is 2.27. The first-order chi connectivity index (χ1) is 9.63. The summed E-state index contributed by atoms with van der Waals surface area (Å²) < 4.78 is 0. The van der Waals surface area contributed by atoms with Gasteiger partial charge in [-0.2, -0.15) is 12.6 Å². The van der Waals surface area contributed by atoms with Gasteiger partial charge in [-0.3, -0.25) is 9.59 Å². The van der Waals surface area contributed by atoms with Crippen molar-refractivity contribution in [3.8, 4) is 0 Å². The molecule has 2 heterocycles. The van der Waals surface area contributed by atoms with E-state index in [0.717, 1.165) is 18.7 Å². The molecular formula is C13H19N3O2S2. The zero-order valence-electron chi connectivity index (χ0n) is 11.5. The summed E-state index contributed by atoms with van der Waals surface area (Å²) in [5.41, 5.74) is 2.48. The largest absolute Gasteiger partial charge is 0.341 e. The van der Waals surface area contributed by atoms with Crippen LogP contribution in [0.5, 0.6) is 0 Å². The van der Waals surface area contributed by atoms with Crippen molar-refractivity contribution < 1.29 is 9.59 Å². The fraction of sp³-hybridized carbons (Fsp3) is 0.615. The van der Waals surface area contributed by atoms with E-state index >= 15 is 0 Å². The highest BCUT2D eigenvalue weighted by atomic mass is 32.1. The van der Waals surface area contributed by atoms with Crippen molar-refractivity contribution >= 4 is 35.8 Å². The Bertz CT molecular complexity index is 490. The minimum atomic E-state index is 0.0356. The van der Waals surface area contributed by atoms with Crippen LogP contribution < -0.4 is 0 Å². The number of carbonyl (C=O) groups excluding carboxylic acids is 2. The highest BCUT2D eigenvalue weighted by molar-refractivity contribution is 7.80. The van der Waals surface area contributed by atoms with Crippen LogP contribution in [0.3, 0.4) is 0 Å². The van der Waals surface area contributed by atoms with Gasteiger partial charge in [0.25, 0.3) is 5.91 Å². The molecule has 0 radical (unpaired) electrons. The number of nitrogens with zero attached hydrogens (tertiary/aromatic N) is 3. The summed E-state index contributed by atoms with van der Waals surface area (Å²) in [7, 11) is 0. The van der Waals surface area contributed by atoms with Gasteiger partial charge >= 0.3 is 0 Å². The van der Waals surface area contributed by atoms with Gasteiger partial charge in [0.1, 0.15) is 4.88 Å². The number of thiol groups is 1. The summed E-state index contributed by atoms with van der Waals surface area (Å²) in [5, 5.41) is 0. The predicted molar refractivity (Wildman–Crippen MR) is 82.4 cm³/mol. The minimum absolute atomic E-state index is 0.0356. The Kier molecular flexibility index (Phi) is 5.42. The van der Waals surface area contributed by atoms with Gasteiger partial charge < -0.3 is 9.80 Å². The van der Waals surface area contributed by atoms with Crippen molar-refractivity contribution in [1.82, 2.24) is 14.8 Å². The highest BCUT2D eigenvalue weighted by Gasteiger charge is 2.24. The second-order valence-corrected chi connectivity index (χ2v) is 6.07. The average molecular weight is 313 g/mol. The number of aryl methyl sites for hydroxylation is 1. The highest BCUT2D eigenvalue weighted by Crippen LogP contribution is 2.16. The molecule has 0 aliphatic carbocycles. The van der Waals surface area contributed by atoms with Gasteiger partial charge in [0.2, 0.25) is 5.91 Å². The maximum atomic E-state index is 12.4. The molecule has 0 aromatic carbocycles. The third kappa shape index (κ3) is 3.52. The Hall–Kier alpha value is -1.08. The van der Waals surface area contributed by atoms with Gasteiger partial charge in [-0.1, -0.05) is 0 Å². The van der Waals surface area contributed by atoms with Crippen molar-refractivity contribution in [1.29, 1.82) is 0 Å². The molecule has 5 nitrogen and oxygen atoms in total. The van der Waals surface area contributed by atoms with E-state index in [1.165, 1.54) is 11.3 Å². The molecule has 110 valence electrons. The van der Waals surface area contributed by atoms with Crippen LogP contribution in [-0.2, 0) is 4.79 Å². The lowest BCUT2D eigenvalue weighted by atomic mass is 10.3. The van der Waals surface area contributed by atoms with Crippen LogP contribution in [0.2, 0.25) is 0 Å². The van der Waals surface area contributed by atoms with E-state index in [4.69, 9.17) is 0 Å². The lowest BCUT2D eigenvalue weighted by Crippen LogP contribution is -2.37. The second kappa shape index (κ2) is 7.08. The van der Waals surface area contributed by atoms with Crippen molar-refractivity contribution in [2.75, 3.05) is 31.9 Å². The molecule has 0 atom stereocenters. The molecule has 1 saturated heterocycles. The zero-order chi connectivity index (χ0) is 14.5. The van der Waals surface area contributed by atoms with Crippen LogP contribution in [0.15, 0.2) is 5.51 Å². The second-order valence-electron chi connectivity index (χ2n) is 4.77. The number of hydrogen-bond acceptors (Lipinski definition) is 5. The maximum absolute atomic E-state index is 12.4. The molecule has 0 saturated carbocycles. The van der Waals surface area contributed by atoms with Crippen LogP contribution in [0.25, 0.3) is 0 Å². The quantitative estimate of drug-likeness (QED) is 0.859. The number of rotatable bonds is 3. The number of aromatic nitrogens is 1. The van der Waals surface area contributed by atoms with Crippen LogP contribution in [-0.4, -0.2) is 58.5 Å². The van der Waals surface area contributed by atoms with Crippen molar-refractivity contribution in [2.24, 2.45) is 0 Å². The van der Waals surface area contributed by atoms with E-state index in [-0.39, 0.29) is 11.8 Å². The summed E-state index contributed by atoms with van der Waals surface area (Å²) in [6.45, 7) is 4.47. The van der Waals surface area contributed by atoms with Gasteiger partial charge in [-0.25, -0.2) is 4.98 Å². The van der Waals surface area contributed by atoms with E-state index in [2.05, 4.69) is 17.6 Å². The summed E-state index contributed by atoms with van der Waals surface area (Å²) in [6.07, 6.45) is 1.28. The lowest BCUT2D eigenvalue weighted by Gasteiger charge is -2.21. The molecule has 1 aliphatic heterocycles. The van der Waals surface area contributed by atoms with Crippen LogP contribution in [0, 0.1) is 6.92 Å². The molecule has 2 amide bonds. The summed E-state index contributed by atoms with van der Waals surface area (Å²) in [5.74, 6) is 0.731. The fourth-order valence-corrected chi connectivity index (χ4v) is 3.24. The lowest BCUT2D eigenvalue weighted by molar-refractivity contribution is -0.130. The zero-order valence-corrected chi connectivity index (χ0v) is 13.3. The molecule has 1 fully saturated rings. The molecule has 1 aromatic rings. The summed E-state index contributed by atoms with van der Waals surface area (Å²) in [6, 6.07) is 0. The molecule has 7 heteroatoms. The molecule has 0 N–H and O–H groups in total. The first-order valence-corrected chi connectivity index (χ1v) is 8.22. The molecule has 2 rings (SSSR count). The Morgan fingerprint density at radius 3 is 2.65 bits per heavy atom. The monoisotopic (exact) mass is 313 g/mol. The Balaban J connectivity index is 1.98. The standard InChI is InChI=1S/C13H19N3O2S2/c1-10-12(20-9-14-10)13(18)16-5-2-4-15(6-7-16)11(17)3-8-19/h9,19H,2-8H2,1H3. The Labute approximate surface area is 128 Å². The van der Waals surface area contributed by atoms with Crippen LogP contribution in [0.4, 0.5) is 0 Å². The minimum Gasteiger partial charge on any atom is -0.341 e. The van der Waals surface area contributed by atoms with Gasteiger partial charge in [0.05, 0.1) is 11.2 Å². The average Bonchev–Trinajstić information content (AvgIpc) is 2.72. The normalized spacial score (nSPS) is 16.1. The molecular weight excluding hydrogens is 294 g/mol. The van der Waals surface area contributed by atoms with E-state index < -0.39 is 0 Å². The Morgan fingerprint density at radius 1 is 1.30 bits per heavy atom. The van der Waals surface area contributed by atoms with Gasteiger partial charge in [0.15, 0.2) is 0 Å². The number of hydrogen-bond donors (Lipinski definition) is 1. The molecule has 0 unspecified atom stereocenters. The first-order valence-electron chi connectivity index (χ1n) is 6.71. The van der Waals surface area contributed by atoms with Crippen LogP contribution >= 0.6 is 24.0 Å². The van der Waals surface area contributed by atoms with Gasteiger partial charge in [-0.05, 0) is 19.1 Å². The van der Waals surface area contributed by atoms with E-state index in [0.29, 0.717) is 36.7 Å². The molecule has 0 bridgehead atoms. The van der Waals surface area contributed by atoms with E-state index in [1.807, 2.05) is 16.7 Å². The Morgan fingerprint density at radius 2 is 2.00 bits per heavy atom.